The van der Waals surface area contributed by atoms with E-state index in [-0.39, 0.29) is 5.91 Å². The van der Waals surface area contributed by atoms with Gasteiger partial charge in [-0.3, -0.25) is 4.79 Å². The molecular weight excluding hydrogens is 415 g/mol. The summed E-state index contributed by atoms with van der Waals surface area (Å²) in [4.78, 5) is 15.0. The lowest BCUT2D eigenvalue weighted by atomic mass is 10.1. The van der Waals surface area contributed by atoms with E-state index in [1.807, 2.05) is 0 Å². The van der Waals surface area contributed by atoms with Crippen LogP contribution in [0.1, 0.15) is 29.6 Å². The van der Waals surface area contributed by atoms with E-state index >= 15 is 0 Å². The first-order valence-electron chi connectivity index (χ1n) is 8.81. The quantitative estimate of drug-likeness (QED) is 0.727. The molecule has 5 nitrogen and oxygen atoms in total. The van der Waals surface area contributed by atoms with Crippen molar-refractivity contribution in [2.45, 2.75) is 19.3 Å². The monoisotopic (exact) mass is 436 g/mol. The number of anilines is 2. The highest BCUT2D eigenvalue weighted by atomic mass is 79.9. The number of rotatable bonds is 5. The molecule has 2 aromatic carbocycles. The van der Waals surface area contributed by atoms with E-state index < -0.39 is 5.82 Å². The molecule has 0 bridgehead atoms. The second-order valence-corrected chi connectivity index (χ2v) is 7.15. The Morgan fingerprint density at radius 2 is 1.70 bits per heavy atom. The third kappa shape index (κ3) is 4.35. The fourth-order valence-electron chi connectivity index (χ4n) is 3.21. The number of piperidine rings is 1. The zero-order valence-corrected chi connectivity index (χ0v) is 16.9. The largest absolute Gasteiger partial charge is 0.495 e. The molecule has 0 spiro atoms. The van der Waals surface area contributed by atoms with Crippen LogP contribution < -0.4 is 19.7 Å². The van der Waals surface area contributed by atoms with Crippen molar-refractivity contribution in [1.29, 1.82) is 0 Å². The minimum Gasteiger partial charge on any atom is -0.495 e. The molecule has 1 fully saturated rings. The molecule has 0 radical (unpaired) electrons. The summed E-state index contributed by atoms with van der Waals surface area (Å²) in [5.74, 6) is 0.213. The molecule has 0 aromatic heterocycles. The molecule has 3 rings (SSSR count). The summed E-state index contributed by atoms with van der Waals surface area (Å²) in [6.07, 6.45) is 3.37. The Hall–Kier alpha value is -2.28. The summed E-state index contributed by atoms with van der Waals surface area (Å²) in [6.45, 7) is 1.79. The van der Waals surface area contributed by atoms with Crippen LogP contribution in [0.4, 0.5) is 15.8 Å². The molecular formula is C20H22BrFN2O3. The first-order chi connectivity index (χ1) is 13.0. The van der Waals surface area contributed by atoms with E-state index in [9.17, 15) is 9.18 Å². The number of nitrogens with zero attached hydrogens (tertiary/aromatic N) is 1. The second kappa shape index (κ2) is 8.61. The summed E-state index contributed by atoms with van der Waals surface area (Å²) in [6, 6.07) is 7.73. The van der Waals surface area contributed by atoms with Crippen LogP contribution >= 0.6 is 15.9 Å². The van der Waals surface area contributed by atoms with E-state index in [0.717, 1.165) is 31.6 Å². The Labute approximate surface area is 166 Å². The van der Waals surface area contributed by atoms with E-state index in [1.54, 1.807) is 18.2 Å². The van der Waals surface area contributed by atoms with Gasteiger partial charge in [0, 0.05) is 18.7 Å². The van der Waals surface area contributed by atoms with Crippen molar-refractivity contribution < 1.29 is 18.7 Å². The molecule has 7 heteroatoms. The Morgan fingerprint density at radius 1 is 1.07 bits per heavy atom. The van der Waals surface area contributed by atoms with Gasteiger partial charge in [0.25, 0.3) is 5.91 Å². The second-order valence-electron chi connectivity index (χ2n) is 6.36. The summed E-state index contributed by atoms with van der Waals surface area (Å²) >= 11 is 3.39. The normalized spacial score (nSPS) is 14.0. The van der Waals surface area contributed by atoms with Gasteiger partial charge < -0.3 is 19.7 Å². The number of carbonyl (C=O) groups excluding carboxylic acids is 1. The number of amides is 1. The average molecular weight is 437 g/mol. The Balaban J connectivity index is 1.91. The molecule has 0 atom stereocenters. The maximum Gasteiger partial charge on any atom is 0.255 e. The van der Waals surface area contributed by atoms with Crippen LogP contribution in [0.25, 0.3) is 0 Å². The lowest BCUT2D eigenvalue weighted by Gasteiger charge is -2.30. The highest BCUT2D eigenvalue weighted by Gasteiger charge is 2.19. The minimum atomic E-state index is -0.392. The van der Waals surface area contributed by atoms with Crippen LogP contribution in [-0.4, -0.2) is 33.2 Å². The molecule has 0 aliphatic carbocycles. The highest BCUT2D eigenvalue weighted by molar-refractivity contribution is 9.10. The van der Waals surface area contributed by atoms with E-state index in [2.05, 4.69) is 26.1 Å². The Morgan fingerprint density at radius 3 is 2.30 bits per heavy atom. The van der Waals surface area contributed by atoms with Gasteiger partial charge in [0.1, 0.15) is 21.8 Å². The third-order valence-electron chi connectivity index (χ3n) is 4.61. The van der Waals surface area contributed by atoms with E-state index in [4.69, 9.17) is 9.47 Å². The van der Waals surface area contributed by atoms with Gasteiger partial charge in [0.05, 0.1) is 25.6 Å². The van der Waals surface area contributed by atoms with Gasteiger partial charge in [-0.2, -0.15) is 0 Å². The number of hydrogen-bond donors (Lipinski definition) is 1. The molecule has 1 aliphatic heterocycles. The van der Waals surface area contributed by atoms with Crippen molar-refractivity contribution in [3.8, 4) is 11.5 Å². The zero-order chi connectivity index (χ0) is 19.4. The smallest absolute Gasteiger partial charge is 0.255 e. The van der Waals surface area contributed by atoms with Crippen molar-refractivity contribution in [2.75, 3.05) is 37.5 Å². The Bertz CT molecular complexity index is 813. The third-order valence-corrected chi connectivity index (χ3v) is 5.39. The van der Waals surface area contributed by atoms with Crippen molar-refractivity contribution in [2.24, 2.45) is 0 Å². The highest BCUT2D eigenvalue weighted by Crippen LogP contribution is 2.36. The van der Waals surface area contributed by atoms with Crippen LogP contribution in [-0.2, 0) is 0 Å². The predicted molar refractivity (Wildman–Crippen MR) is 108 cm³/mol. The Kier molecular flexibility index (Phi) is 6.21. The summed E-state index contributed by atoms with van der Waals surface area (Å²) < 4.78 is 25.1. The number of ether oxygens (including phenoxy) is 2. The lowest BCUT2D eigenvalue weighted by molar-refractivity contribution is 0.102. The maximum absolute atomic E-state index is 13.8. The van der Waals surface area contributed by atoms with Crippen LogP contribution in [0.3, 0.4) is 0 Å². The molecule has 1 amide bonds. The minimum absolute atomic E-state index is 0.358. The summed E-state index contributed by atoms with van der Waals surface area (Å²) in [5.41, 5.74) is 1.66. The number of methoxy groups -OCH3 is 2. The zero-order valence-electron chi connectivity index (χ0n) is 15.4. The van der Waals surface area contributed by atoms with Gasteiger partial charge in [-0.05, 0) is 65.5 Å². The first kappa shape index (κ1) is 19.5. The molecule has 0 unspecified atom stereocenters. The fraction of sp³-hybridized carbons (Fsp3) is 0.350. The average Bonchev–Trinajstić information content (AvgIpc) is 2.69. The van der Waals surface area contributed by atoms with Gasteiger partial charge in [0.15, 0.2) is 0 Å². The van der Waals surface area contributed by atoms with E-state index in [1.165, 1.54) is 32.8 Å². The van der Waals surface area contributed by atoms with Crippen LogP contribution in [0.15, 0.2) is 34.8 Å². The van der Waals surface area contributed by atoms with Crippen molar-refractivity contribution in [1.82, 2.24) is 0 Å². The summed E-state index contributed by atoms with van der Waals surface area (Å²) in [7, 11) is 3.03. The summed E-state index contributed by atoms with van der Waals surface area (Å²) in [5, 5.41) is 2.84. The molecule has 144 valence electrons. The molecule has 2 aromatic rings. The van der Waals surface area contributed by atoms with E-state index in [0.29, 0.717) is 27.2 Å². The molecule has 1 saturated heterocycles. The predicted octanol–water partition coefficient (Wildman–Crippen LogP) is 4.85. The SMILES string of the molecule is COc1cc(C(=O)Nc2cc(F)ccc2N2CCCCC2)cc(OC)c1Br. The number of benzene rings is 2. The number of carbonyl (C=O) groups is 1. The van der Waals surface area contributed by atoms with Crippen LogP contribution in [0, 0.1) is 5.82 Å². The van der Waals surface area contributed by atoms with Gasteiger partial charge in [-0.1, -0.05) is 0 Å². The van der Waals surface area contributed by atoms with Crippen LogP contribution in [0.2, 0.25) is 0 Å². The fourth-order valence-corrected chi connectivity index (χ4v) is 3.77. The van der Waals surface area contributed by atoms with Gasteiger partial charge >= 0.3 is 0 Å². The molecule has 1 heterocycles. The number of nitrogens with one attached hydrogen (secondary N) is 1. The molecule has 1 N–H and O–H groups in total. The molecule has 27 heavy (non-hydrogen) atoms. The molecule has 1 aliphatic rings. The van der Waals surface area contributed by atoms with Crippen LogP contribution in [0.5, 0.6) is 11.5 Å². The van der Waals surface area contributed by atoms with Crippen molar-refractivity contribution in [3.05, 3.63) is 46.2 Å². The number of hydrogen-bond acceptors (Lipinski definition) is 4. The van der Waals surface area contributed by atoms with Gasteiger partial charge in [0.2, 0.25) is 0 Å². The van der Waals surface area contributed by atoms with Gasteiger partial charge in [-0.15, -0.1) is 0 Å². The standard InChI is InChI=1S/C20H22BrFN2O3/c1-26-17-10-13(11-18(27-2)19(17)21)20(25)23-15-12-14(22)6-7-16(15)24-8-4-3-5-9-24/h6-7,10-12H,3-5,8-9H2,1-2H3,(H,23,25). The first-order valence-corrected chi connectivity index (χ1v) is 9.60. The molecule has 0 saturated carbocycles. The maximum atomic E-state index is 13.8. The number of halogens is 2. The topological polar surface area (TPSA) is 50.8 Å². The van der Waals surface area contributed by atoms with Crippen molar-refractivity contribution in [3.63, 3.8) is 0 Å². The van der Waals surface area contributed by atoms with Crippen molar-refractivity contribution >= 4 is 33.2 Å². The van der Waals surface area contributed by atoms with Gasteiger partial charge in [-0.25, -0.2) is 4.39 Å². The lowest BCUT2D eigenvalue weighted by Crippen LogP contribution is -2.30.